The minimum absolute atomic E-state index is 0.0520. The highest BCUT2D eigenvalue weighted by atomic mass is 14.9. The zero-order valence-electron chi connectivity index (χ0n) is 7.69. The Morgan fingerprint density at radius 3 is 2.55 bits per heavy atom. The number of rotatable bonds is 5. The van der Waals surface area contributed by atoms with Gasteiger partial charge in [0.1, 0.15) is 0 Å². The maximum absolute atomic E-state index is 5.81. The van der Waals surface area contributed by atoms with Crippen LogP contribution in [0.4, 0.5) is 0 Å². The third-order valence-electron chi connectivity index (χ3n) is 2.01. The van der Waals surface area contributed by atoms with Crippen molar-refractivity contribution in [2.75, 3.05) is 13.1 Å². The second kappa shape index (κ2) is 3.55. The van der Waals surface area contributed by atoms with E-state index in [1.165, 1.54) is 19.3 Å². The molecule has 0 radical (unpaired) electrons. The summed E-state index contributed by atoms with van der Waals surface area (Å²) in [6.07, 6.45) is 4.25. The van der Waals surface area contributed by atoms with Gasteiger partial charge in [0.25, 0.3) is 0 Å². The molecule has 2 nitrogen and oxygen atoms in total. The van der Waals surface area contributed by atoms with Gasteiger partial charge in [-0.3, -0.25) is 0 Å². The standard InChI is InChI=1S/C9H20N2/c1-9(2,10)7-11-6-5-8-3-4-8/h8,11H,3-7,10H2,1-2H3. The first-order chi connectivity index (χ1) is 5.08. The van der Waals surface area contributed by atoms with Gasteiger partial charge < -0.3 is 11.1 Å². The molecule has 0 bridgehead atoms. The quantitative estimate of drug-likeness (QED) is 0.585. The summed E-state index contributed by atoms with van der Waals surface area (Å²) in [4.78, 5) is 0. The van der Waals surface area contributed by atoms with Crippen LogP contribution in [0.5, 0.6) is 0 Å². The van der Waals surface area contributed by atoms with Gasteiger partial charge in [0.2, 0.25) is 0 Å². The van der Waals surface area contributed by atoms with Crippen LogP contribution in [0.25, 0.3) is 0 Å². The fourth-order valence-electron chi connectivity index (χ4n) is 1.12. The van der Waals surface area contributed by atoms with Gasteiger partial charge in [0.05, 0.1) is 0 Å². The maximum Gasteiger partial charge on any atom is 0.0223 e. The van der Waals surface area contributed by atoms with E-state index in [2.05, 4.69) is 19.2 Å². The zero-order chi connectivity index (χ0) is 8.32. The van der Waals surface area contributed by atoms with Crippen LogP contribution in [0.3, 0.4) is 0 Å². The van der Waals surface area contributed by atoms with Gasteiger partial charge in [-0.25, -0.2) is 0 Å². The molecule has 0 aromatic heterocycles. The molecule has 11 heavy (non-hydrogen) atoms. The number of hydrogen-bond donors (Lipinski definition) is 2. The number of nitrogens with two attached hydrogens (primary N) is 1. The van der Waals surface area contributed by atoms with Gasteiger partial charge in [0.15, 0.2) is 0 Å². The first kappa shape index (κ1) is 9.01. The molecule has 66 valence electrons. The Kier molecular flexibility index (Phi) is 2.90. The molecule has 2 heteroatoms. The largest absolute Gasteiger partial charge is 0.324 e. The monoisotopic (exact) mass is 156 g/mol. The van der Waals surface area contributed by atoms with Crippen molar-refractivity contribution in [2.45, 2.75) is 38.6 Å². The lowest BCUT2D eigenvalue weighted by molar-refractivity contribution is 0.459. The van der Waals surface area contributed by atoms with Crippen molar-refractivity contribution in [2.24, 2.45) is 11.7 Å². The second-order valence-corrected chi connectivity index (χ2v) is 4.40. The van der Waals surface area contributed by atoms with Crippen molar-refractivity contribution in [3.05, 3.63) is 0 Å². The molecule has 0 aromatic carbocycles. The van der Waals surface area contributed by atoms with Gasteiger partial charge in [-0.1, -0.05) is 12.8 Å². The molecule has 0 atom stereocenters. The Morgan fingerprint density at radius 1 is 1.45 bits per heavy atom. The highest BCUT2D eigenvalue weighted by molar-refractivity contribution is 4.77. The molecule has 0 saturated heterocycles. The molecule has 0 amide bonds. The van der Waals surface area contributed by atoms with E-state index in [1.807, 2.05) is 0 Å². The van der Waals surface area contributed by atoms with Crippen LogP contribution in [0.15, 0.2) is 0 Å². The molecule has 1 saturated carbocycles. The average molecular weight is 156 g/mol. The summed E-state index contributed by atoms with van der Waals surface area (Å²) >= 11 is 0. The van der Waals surface area contributed by atoms with Crippen molar-refractivity contribution in [1.82, 2.24) is 5.32 Å². The minimum Gasteiger partial charge on any atom is -0.324 e. The Hall–Kier alpha value is -0.0800. The predicted molar refractivity (Wildman–Crippen MR) is 48.5 cm³/mol. The molecular weight excluding hydrogens is 136 g/mol. The Morgan fingerprint density at radius 2 is 2.09 bits per heavy atom. The van der Waals surface area contributed by atoms with Crippen molar-refractivity contribution in [3.63, 3.8) is 0 Å². The van der Waals surface area contributed by atoms with Gasteiger partial charge in [-0.2, -0.15) is 0 Å². The van der Waals surface area contributed by atoms with Crippen LogP contribution in [0, 0.1) is 5.92 Å². The molecule has 0 heterocycles. The smallest absolute Gasteiger partial charge is 0.0223 e. The average Bonchev–Trinajstić information content (AvgIpc) is 2.60. The van der Waals surface area contributed by atoms with Crippen molar-refractivity contribution < 1.29 is 0 Å². The third-order valence-corrected chi connectivity index (χ3v) is 2.01. The van der Waals surface area contributed by atoms with Gasteiger partial charge in [-0.15, -0.1) is 0 Å². The Balaban J connectivity index is 1.87. The summed E-state index contributed by atoms with van der Waals surface area (Å²) in [6, 6.07) is 0. The van der Waals surface area contributed by atoms with E-state index >= 15 is 0 Å². The summed E-state index contributed by atoms with van der Waals surface area (Å²) in [5, 5.41) is 3.37. The van der Waals surface area contributed by atoms with Crippen LogP contribution in [0.2, 0.25) is 0 Å². The van der Waals surface area contributed by atoms with Crippen LogP contribution < -0.4 is 11.1 Å². The van der Waals surface area contributed by atoms with Crippen LogP contribution in [-0.2, 0) is 0 Å². The van der Waals surface area contributed by atoms with Crippen LogP contribution >= 0.6 is 0 Å². The lowest BCUT2D eigenvalue weighted by Gasteiger charge is -2.18. The summed E-state index contributed by atoms with van der Waals surface area (Å²) in [6.45, 7) is 6.18. The highest BCUT2D eigenvalue weighted by Gasteiger charge is 2.20. The van der Waals surface area contributed by atoms with Gasteiger partial charge >= 0.3 is 0 Å². The highest BCUT2D eigenvalue weighted by Crippen LogP contribution is 2.31. The summed E-state index contributed by atoms with van der Waals surface area (Å²) in [7, 11) is 0. The van der Waals surface area contributed by atoms with E-state index in [0.717, 1.165) is 19.0 Å². The van der Waals surface area contributed by atoms with Gasteiger partial charge in [-0.05, 0) is 32.7 Å². The third kappa shape index (κ3) is 5.22. The molecule has 1 rings (SSSR count). The first-order valence-electron chi connectivity index (χ1n) is 4.57. The lowest BCUT2D eigenvalue weighted by atomic mass is 10.1. The Bertz CT molecular complexity index is 111. The van der Waals surface area contributed by atoms with E-state index in [1.54, 1.807) is 0 Å². The van der Waals surface area contributed by atoms with Crippen LogP contribution in [0.1, 0.15) is 33.1 Å². The molecule has 0 aromatic rings. The van der Waals surface area contributed by atoms with Gasteiger partial charge in [0, 0.05) is 12.1 Å². The summed E-state index contributed by atoms with van der Waals surface area (Å²) in [5.74, 6) is 1.03. The van der Waals surface area contributed by atoms with E-state index in [4.69, 9.17) is 5.73 Å². The number of hydrogen-bond acceptors (Lipinski definition) is 2. The molecule has 0 aliphatic heterocycles. The Labute approximate surface area is 69.5 Å². The minimum atomic E-state index is -0.0520. The fraction of sp³-hybridized carbons (Fsp3) is 1.00. The van der Waals surface area contributed by atoms with Crippen molar-refractivity contribution in [3.8, 4) is 0 Å². The van der Waals surface area contributed by atoms with Crippen molar-refractivity contribution >= 4 is 0 Å². The normalized spacial score (nSPS) is 18.8. The molecule has 3 N–H and O–H groups in total. The fourth-order valence-corrected chi connectivity index (χ4v) is 1.12. The second-order valence-electron chi connectivity index (χ2n) is 4.40. The molecule has 1 aliphatic carbocycles. The lowest BCUT2D eigenvalue weighted by Crippen LogP contribution is -2.43. The van der Waals surface area contributed by atoms with Crippen LogP contribution in [-0.4, -0.2) is 18.6 Å². The molecule has 0 unspecified atom stereocenters. The molecule has 1 fully saturated rings. The zero-order valence-corrected chi connectivity index (χ0v) is 7.69. The first-order valence-corrected chi connectivity index (χ1v) is 4.57. The van der Waals surface area contributed by atoms with E-state index in [9.17, 15) is 0 Å². The topological polar surface area (TPSA) is 38.0 Å². The number of nitrogens with one attached hydrogen (secondary N) is 1. The molecular formula is C9H20N2. The predicted octanol–water partition coefficient (Wildman–Crippen LogP) is 1.11. The molecule has 1 aliphatic rings. The van der Waals surface area contributed by atoms with Crippen molar-refractivity contribution in [1.29, 1.82) is 0 Å². The molecule has 0 spiro atoms. The van der Waals surface area contributed by atoms with E-state index < -0.39 is 0 Å². The summed E-state index contributed by atoms with van der Waals surface area (Å²) in [5.41, 5.74) is 5.75. The van der Waals surface area contributed by atoms with E-state index in [0.29, 0.717) is 0 Å². The van der Waals surface area contributed by atoms with E-state index in [-0.39, 0.29) is 5.54 Å². The summed E-state index contributed by atoms with van der Waals surface area (Å²) < 4.78 is 0. The SMILES string of the molecule is CC(C)(N)CNCCC1CC1. The maximum atomic E-state index is 5.81.